The highest BCUT2D eigenvalue weighted by Gasteiger charge is 2.24. The normalized spacial score (nSPS) is 11.8. The lowest BCUT2D eigenvalue weighted by Gasteiger charge is -2.18. The van der Waals surface area contributed by atoms with Gasteiger partial charge in [-0.05, 0) is 49.2 Å². The lowest BCUT2D eigenvalue weighted by molar-refractivity contribution is 0.0941. The maximum Gasteiger partial charge on any atom is 0.259 e. The summed E-state index contributed by atoms with van der Waals surface area (Å²) >= 11 is 0. The van der Waals surface area contributed by atoms with E-state index >= 15 is 0 Å². The number of nitrogens with two attached hydrogens (primary N) is 1. The largest absolute Gasteiger partial charge is 0.381 e. The second-order valence-electron chi connectivity index (χ2n) is 8.95. The van der Waals surface area contributed by atoms with Gasteiger partial charge in [0.25, 0.3) is 5.91 Å². The third-order valence-corrected chi connectivity index (χ3v) is 6.35. The molecule has 186 valence electrons. The molecule has 0 bridgehead atoms. The Kier molecular flexibility index (Phi) is 5.62. The van der Waals surface area contributed by atoms with E-state index in [-0.39, 0.29) is 23.3 Å². The first-order valence-corrected chi connectivity index (χ1v) is 12.1. The van der Waals surface area contributed by atoms with Crippen molar-refractivity contribution >= 4 is 28.3 Å². The average molecular weight is 501 g/mol. The molecular weight excluding hydrogens is 476 g/mol. The SMILES string of the molecule is C[C@H](NC(=O)c1c(N)nn2cccnc12)c1cc2cccc(C#Cc3ccn(C)n3)c2n1-c1ccccc1. The molecule has 1 amide bonds. The third-order valence-electron chi connectivity index (χ3n) is 6.35. The highest BCUT2D eigenvalue weighted by atomic mass is 16.1. The number of nitrogens with zero attached hydrogens (tertiary/aromatic N) is 6. The number of aryl methyl sites for hydroxylation is 1. The van der Waals surface area contributed by atoms with Gasteiger partial charge in [-0.15, -0.1) is 5.10 Å². The molecule has 0 unspecified atom stereocenters. The first kappa shape index (κ1) is 23.1. The van der Waals surface area contributed by atoms with Gasteiger partial charge in [-0.1, -0.05) is 36.3 Å². The van der Waals surface area contributed by atoms with Gasteiger partial charge < -0.3 is 15.6 Å². The van der Waals surface area contributed by atoms with Gasteiger partial charge >= 0.3 is 0 Å². The quantitative estimate of drug-likeness (QED) is 0.357. The average Bonchev–Trinajstić information content (AvgIpc) is 3.62. The molecule has 9 nitrogen and oxygen atoms in total. The van der Waals surface area contributed by atoms with Gasteiger partial charge in [0.05, 0.1) is 11.6 Å². The van der Waals surface area contributed by atoms with Crippen LogP contribution in [0.2, 0.25) is 0 Å². The van der Waals surface area contributed by atoms with Gasteiger partial charge in [-0.2, -0.15) is 5.10 Å². The van der Waals surface area contributed by atoms with Crippen molar-refractivity contribution in [1.29, 1.82) is 0 Å². The van der Waals surface area contributed by atoms with E-state index in [1.807, 2.05) is 74.8 Å². The van der Waals surface area contributed by atoms with Crippen LogP contribution in [0.1, 0.15) is 40.3 Å². The Balaban J connectivity index is 1.45. The number of nitrogens with one attached hydrogen (secondary N) is 1. The summed E-state index contributed by atoms with van der Waals surface area (Å²) in [5.41, 5.74) is 11.1. The molecule has 3 N–H and O–H groups in total. The minimum Gasteiger partial charge on any atom is -0.381 e. The van der Waals surface area contributed by atoms with E-state index in [0.29, 0.717) is 11.3 Å². The Morgan fingerprint density at radius 3 is 2.63 bits per heavy atom. The second-order valence-corrected chi connectivity index (χ2v) is 8.95. The summed E-state index contributed by atoms with van der Waals surface area (Å²) in [5, 5.41) is 12.7. The predicted molar refractivity (Wildman–Crippen MR) is 146 cm³/mol. The molecule has 0 aliphatic carbocycles. The van der Waals surface area contributed by atoms with E-state index in [2.05, 4.69) is 43.0 Å². The van der Waals surface area contributed by atoms with E-state index in [4.69, 9.17) is 5.73 Å². The van der Waals surface area contributed by atoms with Gasteiger partial charge in [0.2, 0.25) is 0 Å². The zero-order valence-corrected chi connectivity index (χ0v) is 20.8. The second kappa shape index (κ2) is 9.26. The number of anilines is 1. The smallest absolute Gasteiger partial charge is 0.259 e. The molecule has 0 saturated carbocycles. The number of aromatic nitrogens is 6. The van der Waals surface area contributed by atoms with E-state index in [0.717, 1.165) is 27.8 Å². The van der Waals surface area contributed by atoms with Crippen LogP contribution in [0.3, 0.4) is 0 Å². The standard InChI is InChI=1S/C29H24N8O/c1-19(32-29(38)25-27(30)34-36-16-7-15-31-28(25)36)24-18-21-9-6-8-20(12-13-22-14-17-35(2)33-22)26(21)37(24)23-10-4-3-5-11-23/h3-11,14-19H,1-2H3,(H2,30,34)(H,32,38)/t19-/m0/s1. The van der Waals surface area contributed by atoms with Crippen molar-refractivity contribution in [2.75, 3.05) is 5.73 Å². The molecule has 0 radical (unpaired) electrons. The van der Waals surface area contributed by atoms with E-state index in [9.17, 15) is 4.79 Å². The monoisotopic (exact) mass is 500 g/mol. The van der Waals surface area contributed by atoms with Gasteiger partial charge in [-0.3, -0.25) is 9.48 Å². The number of nitrogen functional groups attached to an aromatic ring is 1. The number of hydrogen-bond acceptors (Lipinski definition) is 5. The van der Waals surface area contributed by atoms with Crippen LogP contribution in [-0.4, -0.2) is 34.9 Å². The number of fused-ring (bicyclic) bond motifs is 2. The molecule has 0 saturated heterocycles. The lowest BCUT2D eigenvalue weighted by atomic mass is 10.1. The van der Waals surface area contributed by atoms with Crippen molar-refractivity contribution in [1.82, 2.24) is 34.3 Å². The van der Waals surface area contributed by atoms with Crippen molar-refractivity contribution < 1.29 is 4.79 Å². The maximum absolute atomic E-state index is 13.4. The fourth-order valence-corrected chi connectivity index (χ4v) is 4.63. The molecule has 9 heteroatoms. The van der Waals surface area contributed by atoms with Crippen LogP contribution in [-0.2, 0) is 7.05 Å². The summed E-state index contributed by atoms with van der Waals surface area (Å²) in [7, 11) is 1.87. The number of para-hydroxylation sites is 2. The summed E-state index contributed by atoms with van der Waals surface area (Å²) < 4.78 is 5.37. The number of rotatable bonds is 4. The Morgan fingerprint density at radius 2 is 1.84 bits per heavy atom. The molecule has 0 aliphatic heterocycles. The third kappa shape index (κ3) is 4.04. The van der Waals surface area contributed by atoms with Crippen LogP contribution in [0, 0.1) is 11.8 Å². The van der Waals surface area contributed by atoms with Crippen molar-refractivity contribution in [3.63, 3.8) is 0 Å². The van der Waals surface area contributed by atoms with Crippen molar-refractivity contribution in [3.05, 3.63) is 108 Å². The van der Waals surface area contributed by atoms with Crippen LogP contribution in [0.25, 0.3) is 22.2 Å². The van der Waals surface area contributed by atoms with E-state index in [1.165, 1.54) is 4.52 Å². The Bertz CT molecular complexity index is 1870. The fraction of sp³-hybridized carbons (Fsp3) is 0.103. The Hall–Kier alpha value is -5.36. The highest BCUT2D eigenvalue weighted by Crippen LogP contribution is 2.31. The van der Waals surface area contributed by atoms with Crippen molar-refractivity contribution in [3.8, 4) is 17.5 Å². The lowest BCUT2D eigenvalue weighted by Crippen LogP contribution is -2.28. The maximum atomic E-state index is 13.4. The van der Waals surface area contributed by atoms with Crippen LogP contribution in [0.5, 0.6) is 0 Å². The van der Waals surface area contributed by atoms with Gasteiger partial charge in [0, 0.05) is 48.0 Å². The van der Waals surface area contributed by atoms with Crippen LogP contribution in [0.4, 0.5) is 5.82 Å². The Labute approximate surface area is 218 Å². The molecule has 6 rings (SSSR count). The molecule has 2 aromatic carbocycles. The molecule has 0 spiro atoms. The molecule has 6 aromatic rings. The molecule has 0 fully saturated rings. The minimum atomic E-state index is -0.371. The van der Waals surface area contributed by atoms with Crippen LogP contribution in [0.15, 0.2) is 85.3 Å². The first-order valence-electron chi connectivity index (χ1n) is 12.1. The highest BCUT2D eigenvalue weighted by molar-refractivity contribution is 6.04. The number of benzene rings is 2. The van der Waals surface area contributed by atoms with Crippen LogP contribution < -0.4 is 11.1 Å². The van der Waals surface area contributed by atoms with Gasteiger partial charge in [0.15, 0.2) is 11.5 Å². The summed E-state index contributed by atoms with van der Waals surface area (Å²) in [4.78, 5) is 17.7. The zero-order chi connectivity index (χ0) is 26.2. The molecule has 1 atom stereocenters. The molecular formula is C29H24N8O. The summed E-state index contributed by atoms with van der Waals surface area (Å²) in [6, 6.07) is 21.4. The summed E-state index contributed by atoms with van der Waals surface area (Å²) in [6.07, 6.45) is 5.18. The minimum absolute atomic E-state index is 0.129. The van der Waals surface area contributed by atoms with Crippen molar-refractivity contribution in [2.45, 2.75) is 13.0 Å². The summed E-state index contributed by atoms with van der Waals surface area (Å²) in [5.74, 6) is 6.26. The van der Waals surface area contributed by atoms with E-state index < -0.39 is 0 Å². The first-order chi connectivity index (χ1) is 18.5. The topological polar surface area (TPSA) is 108 Å². The number of carbonyl (C=O) groups excluding carboxylic acids is 1. The molecule has 4 heterocycles. The number of carbonyl (C=O) groups is 1. The zero-order valence-electron chi connectivity index (χ0n) is 20.8. The Morgan fingerprint density at radius 1 is 1.00 bits per heavy atom. The van der Waals surface area contributed by atoms with Crippen molar-refractivity contribution in [2.24, 2.45) is 7.05 Å². The van der Waals surface area contributed by atoms with Gasteiger partial charge in [0.1, 0.15) is 11.3 Å². The molecule has 38 heavy (non-hydrogen) atoms. The molecule has 0 aliphatic rings. The predicted octanol–water partition coefficient (Wildman–Crippen LogP) is 3.88. The number of hydrogen-bond donors (Lipinski definition) is 2. The van der Waals surface area contributed by atoms with Gasteiger partial charge in [-0.25, -0.2) is 9.50 Å². The van der Waals surface area contributed by atoms with Crippen LogP contribution >= 0.6 is 0 Å². The summed E-state index contributed by atoms with van der Waals surface area (Å²) in [6.45, 7) is 1.94. The molecule has 4 aromatic heterocycles. The number of amides is 1. The fourth-order valence-electron chi connectivity index (χ4n) is 4.63. The van der Waals surface area contributed by atoms with E-state index in [1.54, 1.807) is 23.1 Å².